The van der Waals surface area contributed by atoms with E-state index in [4.69, 9.17) is 16.7 Å². The zero-order valence-electron chi connectivity index (χ0n) is 19.8. The molecule has 0 spiro atoms. The molecule has 0 aliphatic carbocycles. The fraction of sp³-hybridized carbons (Fsp3) is 0.111. The maximum Gasteiger partial charge on any atom is 0.328 e. The summed E-state index contributed by atoms with van der Waals surface area (Å²) in [4.78, 5) is 32.1. The Morgan fingerprint density at radius 2 is 1.95 bits per heavy atom. The van der Waals surface area contributed by atoms with Crippen molar-refractivity contribution in [3.8, 4) is 28.1 Å². The van der Waals surface area contributed by atoms with Crippen molar-refractivity contribution in [3.05, 3.63) is 106 Å². The first-order valence-corrected chi connectivity index (χ1v) is 12.2. The van der Waals surface area contributed by atoms with Crippen LogP contribution in [-0.2, 0) is 11.2 Å². The van der Waals surface area contributed by atoms with E-state index in [2.05, 4.69) is 25.5 Å². The number of fused-ring (bicyclic) bond motifs is 1. The average Bonchev–Trinajstić information content (AvgIpc) is 3.68. The number of aliphatic carboxylic acids is 1. The van der Waals surface area contributed by atoms with E-state index in [0.29, 0.717) is 10.8 Å². The monoisotopic (exact) mass is 525 g/mol. The van der Waals surface area contributed by atoms with Gasteiger partial charge >= 0.3 is 5.97 Å². The molecule has 11 heteroatoms. The van der Waals surface area contributed by atoms with E-state index in [1.54, 1.807) is 33.6 Å². The third-order valence-corrected chi connectivity index (χ3v) is 6.79. The van der Waals surface area contributed by atoms with Crippen LogP contribution in [0.4, 0.5) is 0 Å². The second-order valence-electron chi connectivity index (χ2n) is 8.89. The molecule has 0 bridgehead atoms. The number of nitrogens with zero attached hydrogens (tertiary/aromatic N) is 6. The Hall–Kier alpha value is -4.83. The van der Waals surface area contributed by atoms with Crippen molar-refractivity contribution >= 4 is 23.6 Å². The van der Waals surface area contributed by atoms with Crippen LogP contribution in [0.25, 0.3) is 34.1 Å². The molecule has 1 aliphatic rings. The summed E-state index contributed by atoms with van der Waals surface area (Å²) >= 11 is 6.29. The minimum atomic E-state index is -0.994. The number of hydrogen-bond acceptors (Lipinski definition) is 6. The molecule has 0 saturated heterocycles. The summed E-state index contributed by atoms with van der Waals surface area (Å²) in [5.74, 6) is -0.285. The summed E-state index contributed by atoms with van der Waals surface area (Å²) in [6.07, 6.45) is 7.34. The van der Waals surface area contributed by atoms with Gasteiger partial charge in [0.2, 0.25) is 0 Å². The molecule has 0 saturated carbocycles. The van der Waals surface area contributed by atoms with Crippen molar-refractivity contribution < 1.29 is 9.90 Å². The number of nitrogens with one attached hydrogen (secondary N) is 1. The number of carbonyl (C=O) groups is 1. The van der Waals surface area contributed by atoms with Crippen LogP contribution in [0.2, 0.25) is 5.02 Å². The number of imidazole rings is 1. The second-order valence-corrected chi connectivity index (χ2v) is 9.33. The molecular formula is C27H20ClN7O3. The van der Waals surface area contributed by atoms with E-state index in [0.717, 1.165) is 58.2 Å². The normalized spacial score (nSPS) is 14.7. The van der Waals surface area contributed by atoms with Crippen molar-refractivity contribution in [1.82, 2.24) is 34.7 Å². The number of H-pyrrole nitrogens is 1. The van der Waals surface area contributed by atoms with Gasteiger partial charge in [0.1, 0.15) is 12.2 Å². The molecule has 2 N–H and O–H groups in total. The number of pyridine rings is 1. The first kappa shape index (κ1) is 23.6. The molecular weight excluding hydrogens is 506 g/mol. The highest BCUT2D eigenvalue weighted by atomic mass is 35.5. The molecule has 5 aromatic rings. The number of tetrazole rings is 1. The number of carboxylic acids is 1. The Bertz CT molecular complexity index is 1740. The summed E-state index contributed by atoms with van der Waals surface area (Å²) < 4.78 is 3.33. The first-order valence-electron chi connectivity index (χ1n) is 11.8. The SMILES string of the molecule is O=C(O)C=Cc1ccc(-c2cnc([C@@H]3CCc4cc(-c5cc(Cl)ccc5-n5cnnn5)cc(=O)n43)[nH]2)cc1. The number of benzene rings is 2. The Morgan fingerprint density at radius 3 is 2.71 bits per heavy atom. The highest BCUT2D eigenvalue weighted by Gasteiger charge is 2.28. The molecule has 0 unspecified atom stereocenters. The predicted octanol–water partition coefficient (Wildman–Crippen LogP) is 4.17. The van der Waals surface area contributed by atoms with Crippen molar-refractivity contribution in [2.45, 2.75) is 18.9 Å². The number of rotatable bonds is 6. The fourth-order valence-electron chi connectivity index (χ4n) is 4.81. The van der Waals surface area contributed by atoms with Crippen LogP contribution < -0.4 is 5.56 Å². The Kier molecular flexibility index (Phi) is 5.93. The molecule has 3 aromatic heterocycles. The number of hydrogen-bond donors (Lipinski definition) is 2. The third kappa shape index (κ3) is 4.41. The molecule has 2 aromatic carbocycles. The molecule has 0 fully saturated rings. The van der Waals surface area contributed by atoms with Crippen molar-refractivity contribution in [3.63, 3.8) is 0 Å². The topological polar surface area (TPSA) is 132 Å². The number of aryl methyl sites for hydroxylation is 1. The minimum absolute atomic E-state index is 0.129. The molecule has 0 amide bonds. The van der Waals surface area contributed by atoms with Gasteiger partial charge in [0.15, 0.2) is 0 Å². The van der Waals surface area contributed by atoms with Gasteiger partial charge in [0, 0.05) is 28.4 Å². The molecule has 1 aliphatic heterocycles. The van der Waals surface area contributed by atoms with Crippen LogP contribution >= 0.6 is 11.6 Å². The molecule has 38 heavy (non-hydrogen) atoms. The van der Waals surface area contributed by atoms with Gasteiger partial charge in [-0.15, -0.1) is 5.10 Å². The van der Waals surface area contributed by atoms with E-state index in [1.807, 2.05) is 36.4 Å². The highest BCUT2D eigenvalue weighted by molar-refractivity contribution is 6.31. The van der Waals surface area contributed by atoms with E-state index < -0.39 is 5.97 Å². The van der Waals surface area contributed by atoms with E-state index in [1.165, 1.54) is 12.4 Å². The van der Waals surface area contributed by atoms with E-state index >= 15 is 0 Å². The van der Waals surface area contributed by atoms with Crippen LogP contribution in [0.15, 0.2) is 78.0 Å². The first-order chi connectivity index (χ1) is 18.5. The number of aromatic amines is 1. The zero-order chi connectivity index (χ0) is 26.2. The van der Waals surface area contributed by atoms with Crippen molar-refractivity contribution in [2.24, 2.45) is 0 Å². The lowest BCUT2D eigenvalue weighted by Gasteiger charge is -2.15. The lowest BCUT2D eigenvalue weighted by molar-refractivity contribution is -0.131. The summed E-state index contributed by atoms with van der Waals surface area (Å²) in [6, 6.07) is 16.3. The van der Waals surface area contributed by atoms with Crippen molar-refractivity contribution in [2.75, 3.05) is 0 Å². The van der Waals surface area contributed by atoms with Gasteiger partial charge in [-0.05, 0) is 70.3 Å². The van der Waals surface area contributed by atoms with Crippen LogP contribution in [0, 0.1) is 0 Å². The van der Waals surface area contributed by atoms with Gasteiger partial charge < -0.3 is 14.7 Å². The summed E-state index contributed by atoms with van der Waals surface area (Å²) in [5, 5.41) is 20.8. The largest absolute Gasteiger partial charge is 0.478 e. The second kappa shape index (κ2) is 9.56. The van der Waals surface area contributed by atoms with Gasteiger partial charge in [-0.1, -0.05) is 35.9 Å². The maximum atomic E-state index is 13.4. The van der Waals surface area contributed by atoms with Gasteiger partial charge in [0.05, 0.1) is 23.6 Å². The Labute approximate surface area is 220 Å². The van der Waals surface area contributed by atoms with E-state index in [9.17, 15) is 9.59 Å². The zero-order valence-corrected chi connectivity index (χ0v) is 20.6. The van der Waals surface area contributed by atoms with E-state index in [-0.39, 0.29) is 11.6 Å². The molecule has 1 atom stereocenters. The third-order valence-electron chi connectivity index (χ3n) is 6.55. The number of carboxylic acid groups (broad SMARTS) is 1. The fourth-order valence-corrected chi connectivity index (χ4v) is 4.99. The smallest absolute Gasteiger partial charge is 0.328 e. The molecule has 6 rings (SSSR count). The van der Waals surface area contributed by atoms with Gasteiger partial charge in [-0.2, -0.15) is 4.68 Å². The molecule has 188 valence electrons. The Morgan fingerprint density at radius 1 is 1.11 bits per heavy atom. The lowest BCUT2D eigenvalue weighted by atomic mass is 10.0. The van der Waals surface area contributed by atoms with Gasteiger partial charge in [0.25, 0.3) is 5.56 Å². The minimum Gasteiger partial charge on any atom is -0.478 e. The summed E-state index contributed by atoms with van der Waals surface area (Å²) in [5.41, 5.74) is 5.51. The molecule has 0 radical (unpaired) electrons. The Balaban J connectivity index is 1.31. The highest BCUT2D eigenvalue weighted by Crippen LogP contribution is 2.34. The predicted molar refractivity (Wildman–Crippen MR) is 141 cm³/mol. The summed E-state index contributed by atoms with van der Waals surface area (Å²) in [6.45, 7) is 0. The number of aromatic nitrogens is 7. The van der Waals surface area contributed by atoms with Crippen molar-refractivity contribution in [1.29, 1.82) is 0 Å². The lowest BCUT2D eigenvalue weighted by Crippen LogP contribution is -2.23. The average molecular weight is 526 g/mol. The van der Waals surface area contributed by atoms with Crippen LogP contribution in [0.1, 0.15) is 29.5 Å². The molecule has 10 nitrogen and oxygen atoms in total. The standard InChI is InChI=1S/C27H20ClN7O3/c28-19-6-8-23(34-15-30-32-33-34)21(13-19)18-11-20-7-9-24(35(20)25(36)12-18)27-29-14-22(31-27)17-4-1-16(2-5-17)3-10-26(37)38/h1-6,8,10-15,24H,7,9H2,(H,29,31)(H,37,38)/t24-/m0/s1. The van der Waals surface area contributed by atoms with Gasteiger partial charge in [-0.3, -0.25) is 4.79 Å². The van der Waals surface area contributed by atoms with Gasteiger partial charge in [-0.25, -0.2) is 9.78 Å². The van der Waals surface area contributed by atoms with Crippen LogP contribution in [-0.4, -0.2) is 45.8 Å². The number of halogens is 1. The quantitative estimate of drug-likeness (QED) is 0.318. The molecule has 4 heterocycles. The van der Waals surface area contributed by atoms with Crippen LogP contribution in [0.5, 0.6) is 0 Å². The maximum absolute atomic E-state index is 13.4. The summed E-state index contributed by atoms with van der Waals surface area (Å²) in [7, 11) is 0. The van der Waals surface area contributed by atoms with Crippen LogP contribution in [0.3, 0.4) is 0 Å².